The minimum absolute atomic E-state index is 0.00815. The summed E-state index contributed by atoms with van der Waals surface area (Å²) >= 11 is 0. The van der Waals surface area contributed by atoms with Crippen molar-refractivity contribution in [3.05, 3.63) is 35.4 Å². The number of rotatable bonds is 6. The van der Waals surface area contributed by atoms with Crippen LogP contribution in [0.5, 0.6) is 0 Å². The molecule has 0 spiro atoms. The average Bonchev–Trinajstić information content (AvgIpc) is 2.82. The number of aryl methyl sites for hydroxylation is 1. The van der Waals surface area contributed by atoms with Gasteiger partial charge in [0, 0.05) is 37.8 Å². The Morgan fingerprint density at radius 3 is 2.25 bits per heavy atom. The fourth-order valence-corrected chi connectivity index (χ4v) is 5.33. The van der Waals surface area contributed by atoms with Gasteiger partial charge in [-0.15, -0.1) is 0 Å². The molecule has 0 unspecified atom stereocenters. The van der Waals surface area contributed by atoms with Gasteiger partial charge in [0.15, 0.2) is 0 Å². The van der Waals surface area contributed by atoms with Crippen LogP contribution in [0.15, 0.2) is 24.3 Å². The minimum atomic E-state index is -0.00815. The first-order valence-corrected chi connectivity index (χ1v) is 12.6. The summed E-state index contributed by atoms with van der Waals surface area (Å²) in [6.45, 7) is 5.81. The maximum Gasteiger partial charge on any atom is 0.251 e. The van der Waals surface area contributed by atoms with Crippen molar-refractivity contribution in [3.63, 3.8) is 0 Å². The Morgan fingerprint density at radius 2 is 1.56 bits per heavy atom. The third-order valence-corrected chi connectivity index (χ3v) is 7.40. The standard InChI is InChI=1S/C26H39N3O3/c1-20-7-5-6-10-24(20)26(31)27-21-11-17-29(18-12-21)25(30)19-28-15-13-23(14-16-28)32-22-8-3-2-4-9-22/h5-7,10,21-23H,2-4,8-9,11-19H2,1H3,(H,27,31). The van der Waals surface area contributed by atoms with Gasteiger partial charge in [-0.2, -0.15) is 0 Å². The van der Waals surface area contributed by atoms with Gasteiger partial charge >= 0.3 is 0 Å². The lowest BCUT2D eigenvalue weighted by Gasteiger charge is -2.37. The highest BCUT2D eigenvalue weighted by Gasteiger charge is 2.28. The van der Waals surface area contributed by atoms with Crippen molar-refractivity contribution < 1.29 is 14.3 Å². The molecule has 32 heavy (non-hydrogen) atoms. The van der Waals surface area contributed by atoms with E-state index >= 15 is 0 Å². The van der Waals surface area contributed by atoms with Crippen LogP contribution in [-0.2, 0) is 9.53 Å². The quantitative estimate of drug-likeness (QED) is 0.734. The van der Waals surface area contributed by atoms with Gasteiger partial charge < -0.3 is 15.0 Å². The summed E-state index contributed by atoms with van der Waals surface area (Å²) < 4.78 is 6.33. The minimum Gasteiger partial charge on any atom is -0.375 e. The lowest BCUT2D eigenvalue weighted by Crippen LogP contribution is -2.50. The second-order valence-electron chi connectivity index (χ2n) is 9.82. The Labute approximate surface area is 192 Å². The van der Waals surface area contributed by atoms with E-state index in [9.17, 15) is 9.59 Å². The smallest absolute Gasteiger partial charge is 0.251 e. The molecule has 4 rings (SSSR count). The van der Waals surface area contributed by atoms with Crippen molar-refractivity contribution in [3.8, 4) is 0 Å². The van der Waals surface area contributed by atoms with Crippen LogP contribution < -0.4 is 5.32 Å². The predicted octanol–water partition coefficient (Wildman–Crippen LogP) is 3.53. The van der Waals surface area contributed by atoms with Crippen molar-refractivity contribution in [1.82, 2.24) is 15.1 Å². The molecule has 1 saturated carbocycles. The molecule has 1 N–H and O–H groups in total. The Hall–Kier alpha value is -1.92. The van der Waals surface area contributed by atoms with Gasteiger partial charge in [-0.1, -0.05) is 37.5 Å². The molecule has 6 nitrogen and oxygen atoms in total. The average molecular weight is 442 g/mol. The molecule has 2 aliphatic heterocycles. The molecular weight excluding hydrogens is 402 g/mol. The number of likely N-dealkylation sites (tertiary alicyclic amines) is 2. The molecule has 0 radical (unpaired) electrons. The third kappa shape index (κ3) is 6.32. The van der Waals surface area contributed by atoms with Gasteiger partial charge in [0.25, 0.3) is 5.91 Å². The topological polar surface area (TPSA) is 61.9 Å². The second kappa shape index (κ2) is 11.3. The lowest BCUT2D eigenvalue weighted by molar-refractivity contribution is -0.134. The summed E-state index contributed by atoms with van der Waals surface area (Å²) in [4.78, 5) is 29.6. The monoisotopic (exact) mass is 441 g/mol. The Morgan fingerprint density at radius 1 is 0.906 bits per heavy atom. The van der Waals surface area contributed by atoms with E-state index in [4.69, 9.17) is 4.74 Å². The zero-order valence-electron chi connectivity index (χ0n) is 19.6. The highest BCUT2D eigenvalue weighted by atomic mass is 16.5. The molecule has 6 heteroatoms. The van der Waals surface area contributed by atoms with Crippen LogP contribution in [-0.4, -0.2) is 72.6 Å². The highest BCUT2D eigenvalue weighted by molar-refractivity contribution is 5.95. The van der Waals surface area contributed by atoms with E-state index < -0.39 is 0 Å². The van der Waals surface area contributed by atoms with Crippen molar-refractivity contribution in [2.45, 2.75) is 83.0 Å². The van der Waals surface area contributed by atoms with Crippen LogP contribution in [0.2, 0.25) is 0 Å². The molecule has 3 aliphatic rings. The molecule has 0 atom stereocenters. The molecule has 0 bridgehead atoms. The van der Waals surface area contributed by atoms with Gasteiger partial charge in [0.2, 0.25) is 5.91 Å². The van der Waals surface area contributed by atoms with Crippen LogP contribution >= 0.6 is 0 Å². The van der Waals surface area contributed by atoms with Gasteiger partial charge in [0.1, 0.15) is 0 Å². The summed E-state index contributed by atoms with van der Waals surface area (Å²) in [6, 6.07) is 7.81. The Bertz CT molecular complexity index is 761. The number of amides is 2. The van der Waals surface area contributed by atoms with E-state index in [0.717, 1.165) is 63.0 Å². The zero-order valence-corrected chi connectivity index (χ0v) is 19.6. The van der Waals surface area contributed by atoms with Crippen molar-refractivity contribution in [2.75, 3.05) is 32.7 Å². The van der Waals surface area contributed by atoms with Crippen LogP contribution in [0, 0.1) is 6.92 Å². The first-order chi connectivity index (χ1) is 15.6. The zero-order chi connectivity index (χ0) is 22.3. The molecule has 176 valence electrons. The summed E-state index contributed by atoms with van der Waals surface area (Å²) in [5.74, 6) is 0.214. The number of nitrogens with zero attached hydrogens (tertiary/aromatic N) is 2. The maximum atomic E-state index is 12.8. The Balaban J connectivity index is 1.14. The molecular formula is C26H39N3O3. The van der Waals surface area contributed by atoms with Crippen LogP contribution in [0.1, 0.15) is 73.7 Å². The molecule has 2 amide bonds. The van der Waals surface area contributed by atoms with Crippen molar-refractivity contribution >= 4 is 11.8 Å². The van der Waals surface area contributed by atoms with Crippen LogP contribution in [0.4, 0.5) is 0 Å². The predicted molar refractivity (Wildman–Crippen MR) is 126 cm³/mol. The number of hydrogen-bond acceptors (Lipinski definition) is 4. The SMILES string of the molecule is Cc1ccccc1C(=O)NC1CCN(C(=O)CN2CCC(OC3CCCCC3)CC2)CC1. The van der Waals surface area contributed by atoms with Crippen LogP contribution in [0.25, 0.3) is 0 Å². The van der Waals surface area contributed by atoms with Crippen molar-refractivity contribution in [2.24, 2.45) is 0 Å². The van der Waals surface area contributed by atoms with E-state index in [1.165, 1.54) is 32.1 Å². The molecule has 1 aromatic rings. The molecule has 1 aliphatic carbocycles. The summed E-state index contributed by atoms with van der Waals surface area (Å²) in [7, 11) is 0. The normalized spacial score (nSPS) is 22.1. The number of carbonyl (C=O) groups is 2. The molecule has 1 aromatic carbocycles. The number of carbonyl (C=O) groups excluding carboxylic acids is 2. The van der Waals surface area contributed by atoms with Gasteiger partial charge in [-0.25, -0.2) is 0 Å². The van der Waals surface area contributed by atoms with Crippen molar-refractivity contribution in [1.29, 1.82) is 0 Å². The first-order valence-electron chi connectivity index (χ1n) is 12.6. The van der Waals surface area contributed by atoms with E-state index in [0.29, 0.717) is 18.8 Å². The summed E-state index contributed by atoms with van der Waals surface area (Å²) in [5, 5.41) is 3.15. The van der Waals surface area contributed by atoms with E-state index in [1.807, 2.05) is 36.1 Å². The molecule has 0 aromatic heterocycles. The molecule has 2 saturated heterocycles. The largest absolute Gasteiger partial charge is 0.375 e. The fraction of sp³-hybridized carbons (Fsp3) is 0.692. The number of nitrogens with one attached hydrogen (secondary N) is 1. The van der Waals surface area contributed by atoms with E-state index in [2.05, 4.69) is 10.2 Å². The number of hydrogen-bond donors (Lipinski definition) is 1. The van der Waals surface area contributed by atoms with Gasteiger partial charge in [-0.05, 0) is 57.1 Å². The highest BCUT2D eigenvalue weighted by Crippen LogP contribution is 2.25. The summed E-state index contributed by atoms with van der Waals surface area (Å²) in [5.41, 5.74) is 1.73. The number of piperidine rings is 2. The molecule has 3 fully saturated rings. The number of ether oxygens (including phenoxy) is 1. The Kier molecular flexibility index (Phi) is 8.20. The summed E-state index contributed by atoms with van der Waals surface area (Å²) in [6.07, 6.45) is 11.0. The fourth-order valence-electron chi connectivity index (χ4n) is 5.33. The maximum absolute atomic E-state index is 12.8. The molecule has 2 heterocycles. The van der Waals surface area contributed by atoms with Crippen LogP contribution in [0.3, 0.4) is 0 Å². The first kappa shape index (κ1) is 23.2. The van der Waals surface area contributed by atoms with Gasteiger partial charge in [-0.3, -0.25) is 14.5 Å². The third-order valence-electron chi connectivity index (χ3n) is 7.40. The number of benzene rings is 1. The van der Waals surface area contributed by atoms with E-state index in [1.54, 1.807) is 0 Å². The van der Waals surface area contributed by atoms with E-state index in [-0.39, 0.29) is 17.9 Å². The van der Waals surface area contributed by atoms with Gasteiger partial charge in [0.05, 0.1) is 18.8 Å². The second-order valence-corrected chi connectivity index (χ2v) is 9.82. The lowest BCUT2D eigenvalue weighted by atomic mass is 9.97.